The summed E-state index contributed by atoms with van der Waals surface area (Å²) in [4.78, 5) is 25.4. The molecule has 2 N–H and O–H groups in total. The fourth-order valence-electron chi connectivity index (χ4n) is 5.42. The summed E-state index contributed by atoms with van der Waals surface area (Å²) in [6.45, 7) is 3.79. The highest BCUT2D eigenvalue weighted by atomic mass is 32.1. The number of aromatic nitrogens is 1. The van der Waals surface area contributed by atoms with Crippen molar-refractivity contribution in [2.24, 2.45) is 0 Å². The van der Waals surface area contributed by atoms with Crippen molar-refractivity contribution in [1.82, 2.24) is 4.37 Å². The van der Waals surface area contributed by atoms with Gasteiger partial charge in [0.15, 0.2) is 0 Å². The Hall–Kier alpha value is -3.19. The number of aliphatic carboxylic acids is 1. The summed E-state index contributed by atoms with van der Waals surface area (Å²) >= 11 is 1.48. The van der Waals surface area contributed by atoms with E-state index in [-0.39, 0.29) is 6.10 Å². The Labute approximate surface area is 215 Å². The second-order valence-corrected chi connectivity index (χ2v) is 11.0. The van der Waals surface area contributed by atoms with E-state index in [1.807, 2.05) is 56.3 Å². The van der Waals surface area contributed by atoms with Crippen LogP contribution < -0.4 is 5.32 Å². The summed E-state index contributed by atoms with van der Waals surface area (Å²) < 4.78 is 10.2. The third kappa shape index (κ3) is 4.89. The third-order valence-corrected chi connectivity index (χ3v) is 8.96. The van der Waals surface area contributed by atoms with Crippen LogP contribution in [-0.2, 0) is 14.9 Å². The fraction of sp³-hybridized carbons (Fsp3) is 0.414. The maximum absolute atomic E-state index is 12.7. The average Bonchev–Trinajstić information content (AvgIpc) is 3.64. The van der Waals surface area contributed by atoms with Crippen LogP contribution in [-0.4, -0.2) is 21.5 Å². The summed E-state index contributed by atoms with van der Waals surface area (Å²) in [5.74, 6) is 0.117. The lowest BCUT2D eigenvalue weighted by Gasteiger charge is -2.29. The van der Waals surface area contributed by atoms with Gasteiger partial charge in [-0.2, -0.15) is 4.37 Å². The number of carboxylic acid groups (broad SMARTS) is 1. The monoisotopic (exact) mass is 504 g/mol. The van der Waals surface area contributed by atoms with E-state index in [1.165, 1.54) is 17.1 Å². The number of ether oxygens (including phenoxy) is 1. The molecule has 36 heavy (non-hydrogen) atoms. The van der Waals surface area contributed by atoms with Crippen LogP contribution in [0.4, 0.5) is 10.5 Å². The van der Waals surface area contributed by atoms with Gasteiger partial charge in [0.25, 0.3) is 0 Å². The van der Waals surface area contributed by atoms with E-state index >= 15 is 0 Å². The number of carboxylic acids is 1. The number of hydrogen-bond acceptors (Lipinski definition) is 5. The number of carbonyl (C=O) groups is 2. The second kappa shape index (κ2) is 10.1. The average molecular weight is 505 g/mol. The van der Waals surface area contributed by atoms with Crippen LogP contribution in [0.2, 0.25) is 0 Å². The largest absolute Gasteiger partial charge is 0.481 e. The van der Waals surface area contributed by atoms with Gasteiger partial charge >= 0.3 is 12.1 Å². The molecule has 2 saturated carbocycles. The van der Waals surface area contributed by atoms with Gasteiger partial charge in [-0.3, -0.25) is 10.1 Å². The molecule has 0 aliphatic heterocycles. The van der Waals surface area contributed by atoms with Crippen LogP contribution in [0.3, 0.4) is 0 Å². The maximum atomic E-state index is 12.7. The standard InChI is InChI=1S/C29H32N2O4S/c1-18-25(30-28(34)35-19(2)20-6-4-3-5-7-20)26(36-31-18)23-10-8-21(9-11-23)22-12-14-24(15-13-22)29(16-17-29)27(32)33/h3-7,12-15,19,21,23H,8-11,16-17H2,1-2H3,(H,30,34)(H,32,33)/t19-,21?,23?/m1/s1. The highest BCUT2D eigenvalue weighted by Crippen LogP contribution is 2.49. The molecule has 2 aromatic carbocycles. The minimum atomic E-state index is -0.710. The Kier molecular flexibility index (Phi) is 6.84. The van der Waals surface area contributed by atoms with Crippen LogP contribution in [0, 0.1) is 6.92 Å². The lowest BCUT2D eigenvalue weighted by molar-refractivity contribution is -0.140. The summed E-state index contributed by atoms with van der Waals surface area (Å²) in [6, 6.07) is 18.0. The summed E-state index contributed by atoms with van der Waals surface area (Å²) in [5, 5.41) is 12.5. The normalized spacial score (nSPS) is 21.4. The van der Waals surface area contributed by atoms with Crippen molar-refractivity contribution in [3.63, 3.8) is 0 Å². The number of rotatable bonds is 7. The Balaban J connectivity index is 1.20. The number of anilines is 1. The van der Waals surface area contributed by atoms with Crippen molar-refractivity contribution in [2.45, 2.75) is 75.7 Å². The molecular weight excluding hydrogens is 472 g/mol. The molecule has 2 aliphatic carbocycles. The lowest BCUT2D eigenvalue weighted by Crippen LogP contribution is -2.19. The van der Waals surface area contributed by atoms with Crippen LogP contribution in [0.15, 0.2) is 54.6 Å². The van der Waals surface area contributed by atoms with Crippen LogP contribution in [0.1, 0.15) is 90.6 Å². The molecule has 7 heteroatoms. The van der Waals surface area contributed by atoms with Gasteiger partial charge in [0, 0.05) is 0 Å². The third-order valence-electron chi connectivity index (χ3n) is 7.86. The zero-order valence-electron chi connectivity index (χ0n) is 20.7. The van der Waals surface area contributed by atoms with E-state index in [0.717, 1.165) is 65.9 Å². The number of aryl methyl sites for hydroxylation is 1. The molecule has 5 rings (SSSR count). The van der Waals surface area contributed by atoms with Crippen molar-refractivity contribution in [3.05, 3.63) is 81.9 Å². The molecular formula is C29H32N2O4S. The number of carbonyl (C=O) groups excluding carboxylic acids is 1. The summed E-state index contributed by atoms with van der Waals surface area (Å²) in [7, 11) is 0. The highest BCUT2D eigenvalue weighted by Gasteiger charge is 2.51. The quantitative estimate of drug-likeness (QED) is 0.352. The van der Waals surface area contributed by atoms with Gasteiger partial charge < -0.3 is 9.84 Å². The summed E-state index contributed by atoms with van der Waals surface area (Å²) in [6.07, 6.45) is 4.83. The van der Waals surface area contributed by atoms with Gasteiger partial charge in [-0.25, -0.2) is 4.79 Å². The van der Waals surface area contributed by atoms with Crippen molar-refractivity contribution in [1.29, 1.82) is 0 Å². The van der Waals surface area contributed by atoms with E-state index in [9.17, 15) is 14.7 Å². The van der Waals surface area contributed by atoms with Gasteiger partial charge in [-0.1, -0.05) is 54.6 Å². The lowest BCUT2D eigenvalue weighted by atomic mass is 9.77. The SMILES string of the molecule is Cc1nsc(C2CCC(c3ccc(C4(C(=O)O)CC4)cc3)CC2)c1NC(=O)O[C@H](C)c1ccccc1. The van der Waals surface area contributed by atoms with E-state index in [4.69, 9.17) is 4.74 Å². The highest BCUT2D eigenvalue weighted by molar-refractivity contribution is 7.06. The van der Waals surface area contributed by atoms with Gasteiger partial charge in [0.05, 0.1) is 21.7 Å². The van der Waals surface area contributed by atoms with Gasteiger partial charge in [-0.05, 0) is 92.4 Å². The molecule has 0 radical (unpaired) electrons. The Bertz CT molecular complexity index is 1230. The molecule has 0 saturated heterocycles. The topological polar surface area (TPSA) is 88.5 Å². The first-order valence-electron chi connectivity index (χ1n) is 12.7. The minimum Gasteiger partial charge on any atom is -0.481 e. The van der Waals surface area contributed by atoms with Gasteiger partial charge in [0.1, 0.15) is 6.10 Å². The molecule has 1 atom stereocenters. The molecule has 0 unspecified atom stereocenters. The zero-order valence-corrected chi connectivity index (χ0v) is 21.5. The van der Waals surface area contributed by atoms with Crippen LogP contribution in [0.25, 0.3) is 0 Å². The van der Waals surface area contributed by atoms with Crippen molar-refractivity contribution in [3.8, 4) is 0 Å². The molecule has 1 heterocycles. The van der Waals surface area contributed by atoms with E-state index in [2.05, 4.69) is 21.8 Å². The fourth-order valence-corrected chi connectivity index (χ4v) is 6.42. The molecule has 6 nitrogen and oxygen atoms in total. The van der Waals surface area contributed by atoms with Crippen LogP contribution >= 0.6 is 11.5 Å². The van der Waals surface area contributed by atoms with E-state index < -0.39 is 17.5 Å². The molecule has 0 spiro atoms. The van der Waals surface area contributed by atoms with E-state index in [1.54, 1.807) is 0 Å². The van der Waals surface area contributed by atoms with Gasteiger partial charge in [0.2, 0.25) is 0 Å². The van der Waals surface area contributed by atoms with Crippen LogP contribution in [0.5, 0.6) is 0 Å². The van der Waals surface area contributed by atoms with Crippen molar-refractivity contribution in [2.75, 3.05) is 5.32 Å². The number of nitrogens with zero attached hydrogens (tertiary/aromatic N) is 1. The second-order valence-electron chi connectivity index (χ2n) is 10.1. The zero-order chi connectivity index (χ0) is 25.3. The molecule has 188 valence electrons. The molecule has 0 bridgehead atoms. The Morgan fingerprint density at radius 2 is 1.67 bits per heavy atom. The molecule has 2 aliphatic rings. The molecule has 1 amide bonds. The van der Waals surface area contributed by atoms with E-state index in [0.29, 0.717) is 11.8 Å². The maximum Gasteiger partial charge on any atom is 0.412 e. The molecule has 2 fully saturated rings. The molecule has 3 aromatic rings. The van der Waals surface area contributed by atoms with Crippen molar-refractivity contribution >= 4 is 29.3 Å². The minimum absolute atomic E-state index is 0.339. The predicted octanol–water partition coefficient (Wildman–Crippen LogP) is 7.32. The first-order valence-corrected chi connectivity index (χ1v) is 13.5. The first-order chi connectivity index (χ1) is 17.4. The predicted molar refractivity (Wildman–Crippen MR) is 141 cm³/mol. The Morgan fingerprint density at radius 1 is 1.03 bits per heavy atom. The van der Waals surface area contributed by atoms with Gasteiger partial charge in [-0.15, -0.1) is 0 Å². The number of benzene rings is 2. The number of nitrogens with one attached hydrogen (secondary N) is 1. The van der Waals surface area contributed by atoms with Crippen molar-refractivity contribution < 1.29 is 19.4 Å². The summed E-state index contributed by atoms with van der Waals surface area (Å²) in [5.41, 5.74) is 4.14. The smallest absolute Gasteiger partial charge is 0.412 e. The molecule has 1 aromatic heterocycles. The Morgan fingerprint density at radius 3 is 2.28 bits per heavy atom. The number of hydrogen-bond donors (Lipinski definition) is 2. The first kappa shape index (κ1) is 24.5. The number of amides is 1.